The van der Waals surface area contributed by atoms with Crippen molar-refractivity contribution >= 4 is 23.1 Å². The third-order valence-corrected chi connectivity index (χ3v) is 4.35. The molecular formula is C19H18ClNO3. The molecule has 3 rings (SSSR count). The zero-order valence-electron chi connectivity index (χ0n) is 13.6. The van der Waals surface area contributed by atoms with E-state index < -0.39 is 0 Å². The minimum absolute atomic E-state index is 0.0213. The van der Waals surface area contributed by atoms with Crippen molar-refractivity contribution in [2.24, 2.45) is 4.99 Å². The number of methoxy groups -OCH3 is 2. The Morgan fingerprint density at radius 1 is 1.12 bits per heavy atom. The maximum Gasteiger partial charge on any atom is 0.168 e. The van der Waals surface area contributed by atoms with Crippen LogP contribution in [-0.4, -0.2) is 32.3 Å². The molecule has 1 aliphatic heterocycles. The van der Waals surface area contributed by atoms with Crippen LogP contribution >= 0.6 is 11.6 Å². The van der Waals surface area contributed by atoms with Crippen molar-refractivity contribution in [2.45, 2.75) is 12.8 Å². The maximum absolute atomic E-state index is 12.5. The first-order valence-electron chi connectivity index (χ1n) is 7.69. The smallest absolute Gasteiger partial charge is 0.168 e. The highest BCUT2D eigenvalue weighted by Crippen LogP contribution is 2.33. The summed E-state index contributed by atoms with van der Waals surface area (Å²) in [7, 11) is 3.22. The molecule has 124 valence electrons. The summed E-state index contributed by atoms with van der Waals surface area (Å²) < 4.78 is 10.7. The van der Waals surface area contributed by atoms with Crippen molar-refractivity contribution in [1.82, 2.24) is 0 Å². The van der Waals surface area contributed by atoms with Gasteiger partial charge in [-0.05, 0) is 48.4 Å². The number of Topliss-reactive ketones (excluding diaryl/α,β-unsaturated/α-hetero) is 1. The SMILES string of the molecule is COc1cc2c(cc1OC)C(CC(=O)c1ccc(Cl)cc1)=NCC2. The average molecular weight is 344 g/mol. The lowest BCUT2D eigenvalue weighted by molar-refractivity contribution is 0.100. The Morgan fingerprint density at radius 2 is 1.79 bits per heavy atom. The van der Waals surface area contributed by atoms with Gasteiger partial charge in [-0.1, -0.05) is 11.6 Å². The highest BCUT2D eigenvalue weighted by atomic mass is 35.5. The molecule has 0 radical (unpaired) electrons. The van der Waals surface area contributed by atoms with Crippen molar-refractivity contribution in [2.75, 3.05) is 20.8 Å². The molecule has 1 aliphatic rings. The molecule has 0 N–H and O–H groups in total. The summed E-state index contributed by atoms with van der Waals surface area (Å²) in [4.78, 5) is 17.1. The number of rotatable bonds is 5. The summed E-state index contributed by atoms with van der Waals surface area (Å²) in [5, 5.41) is 0.615. The number of benzene rings is 2. The van der Waals surface area contributed by atoms with Gasteiger partial charge < -0.3 is 9.47 Å². The molecule has 0 aliphatic carbocycles. The molecule has 0 saturated carbocycles. The van der Waals surface area contributed by atoms with Gasteiger partial charge in [0.1, 0.15) is 0 Å². The van der Waals surface area contributed by atoms with Crippen LogP contribution in [0.25, 0.3) is 0 Å². The second-order valence-corrected chi connectivity index (χ2v) is 5.99. The topological polar surface area (TPSA) is 47.9 Å². The van der Waals surface area contributed by atoms with Crippen LogP contribution in [-0.2, 0) is 6.42 Å². The number of fused-ring (bicyclic) bond motifs is 1. The molecule has 0 bridgehead atoms. The molecule has 24 heavy (non-hydrogen) atoms. The minimum Gasteiger partial charge on any atom is -0.493 e. The Bertz CT molecular complexity index is 797. The second kappa shape index (κ2) is 7.05. The molecule has 4 nitrogen and oxygen atoms in total. The molecular weight excluding hydrogens is 326 g/mol. The van der Waals surface area contributed by atoms with E-state index in [1.54, 1.807) is 38.5 Å². The van der Waals surface area contributed by atoms with Crippen molar-refractivity contribution in [3.8, 4) is 11.5 Å². The van der Waals surface area contributed by atoms with Gasteiger partial charge in [-0.15, -0.1) is 0 Å². The first-order chi connectivity index (χ1) is 11.6. The van der Waals surface area contributed by atoms with Crippen LogP contribution in [0.3, 0.4) is 0 Å². The summed E-state index contributed by atoms with van der Waals surface area (Å²) >= 11 is 5.88. The number of aliphatic imine (C=N–C) groups is 1. The van der Waals surface area contributed by atoms with E-state index in [1.807, 2.05) is 12.1 Å². The van der Waals surface area contributed by atoms with E-state index in [1.165, 1.54) is 0 Å². The number of carbonyl (C=O) groups excluding carboxylic acids is 1. The summed E-state index contributed by atoms with van der Waals surface area (Å²) in [6.07, 6.45) is 1.08. The van der Waals surface area contributed by atoms with Gasteiger partial charge in [-0.3, -0.25) is 9.79 Å². The molecule has 5 heteroatoms. The molecule has 0 amide bonds. The van der Waals surface area contributed by atoms with Gasteiger partial charge >= 0.3 is 0 Å². The van der Waals surface area contributed by atoms with Gasteiger partial charge in [0.05, 0.1) is 26.4 Å². The molecule has 2 aromatic carbocycles. The molecule has 0 aromatic heterocycles. The highest BCUT2D eigenvalue weighted by Gasteiger charge is 2.21. The summed E-state index contributed by atoms with van der Waals surface area (Å²) in [6, 6.07) is 10.8. The Balaban J connectivity index is 1.89. The van der Waals surface area contributed by atoms with E-state index in [-0.39, 0.29) is 12.2 Å². The fraction of sp³-hybridized carbons (Fsp3) is 0.263. The number of ether oxygens (including phenoxy) is 2. The summed E-state index contributed by atoms with van der Waals surface area (Å²) in [5.74, 6) is 1.36. The van der Waals surface area contributed by atoms with E-state index in [4.69, 9.17) is 21.1 Å². The van der Waals surface area contributed by atoms with E-state index in [2.05, 4.69) is 4.99 Å². The fourth-order valence-electron chi connectivity index (χ4n) is 2.83. The summed E-state index contributed by atoms with van der Waals surface area (Å²) in [6.45, 7) is 0.672. The average Bonchev–Trinajstić information content (AvgIpc) is 2.61. The van der Waals surface area contributed by atoms with Crippen molar-refractivity contribution in [3.05, 3.63) is 58.1 Å². The Labute approximate surface area is 146 Å². The van der Waals surface area contributed by atoms with Gasteiger partial charge in [0.15, 0.2) is 17.3 Å². The summed E-state index contributed by atoms with van der Waals surface area (Å²) in [5.41, 5.74) is 3.51. The number of nitrogens with zero attached hydrogens (tertiary/aromatic N) is 1. The fourth-order valence-corrected chi connectivity index (χ4v) is 2.96. The number of hydrogen-bond donors (Lipinski definition) is 0. The largest absolute Gasteiger partial charge is 0.493 e. The number of ketones is 1. The monoisotopic (exact) mass is 343 g/mol. The van der Waals surface area contributed by atoms with Gasteiger partial charge in [0.2, 0.25) is 0 Å². The van der Waals surface area contributed by atoms with Crippen LogP contribution in [0.2, 0.25) is 5.02 Å². The third-order valence-electron chi connectivity index (χ3n) is 4.10. The van der Waals surface area contributed by atoms with Crippen LogP contribution in [0, 0.1) is 0 Å². The maximum atomic E-state index is 12.5. The number of carbonyl (C=O) groups is 1. The first kappa shape index (κ1) is 16.5. The minimum atomic E-state index is 0.0213. The van der Waals surface area contributed by atoms with Crippen LogP contribution in [0.5, 0.6) is 11.5 Å². The van der Waals surface area contributed by atoms with Crippen LogP contribution in [0.15, 0.2) is 41.4 Å². The van der Waals surface area contributed by atoms with Gasteiger partial charge in [-0.2, -0.15) is 0 Å². The zero-order valence-corrected chi connectivity index (χ0v) is 14.4. The lowest BCUT2D eigenvalue weighted by Crippen LogP contribution is -2.17. The molecule has 1 heterocycles. The van der Waals surface area contributed by atoms with Crippen LogP contribution in [0.1, 0.15) is 27.9 Å². The third kappa shape index (κ3) is 3.29. The zero-order chi connectivity index (χ0) is 17.1. The van der Waals surface area contributed by atoms with Gasteiger partial charge in [0, 0.05) is 22.7 Å². The van der Waals surface area contributed by atoms with Crippen molar-refractivity contribution < 1.29 is 14.3 Å². The molecule has 0 atom stereocenters. The Morgan fingerprint density at radius 3 is 2.46 bits per heavy atom. The molecule has 0 fully saturated rings. The van der Waals surface area contributed by atoms with E-state index in [0.717, 1.165) is 23.3 Å². The van der Waals surface area contributed by atoms with E-state index >= 15 is 0 Å². The van der Waals surface area contributed by atoms with Crippen molar-refractivity contribution in [3.63, 3.8) is 0 Å². The normalized spacial score (nSPS) is 13.0. The number of hydrogen-bond acceptors (Lipinski definition) is 4. The van der Waals surface area contributed by atoms with Gasteiger partial charge in [-0.25, -0.2) is 0 Å². The molecule has 0 spiro atoms. The van der Waals surface area contributed by atoms with Crippen LogP contribution < -0.4 is 9.47 Å². The Hall–Kier alpha value is -2.33. The highest BCUT2D eigenvalue weighted by molar-refractivity contribution is 6.30. The predicted molar refractivity (Wildman–Crippen MR) is 95.1 cm³/mol. The molecule has 0 saturated heterocycles. The lowest BCUT2D eigenvalue weighted by atomic mass is 9.93. The first-order valence-corrected chi connectivity index (χ1v) is 8.07. The molecule has 0 unspecified atom stereocenters. The second-order valence-electron chi connectivity index (χ2n) is 5.55. The molecule has 2 aromatic rings. The lowest BCUT2D eigenvalue weighted by Gasteiger charge is -2.19. The predicted octanol–water partition coefficient (Wildman–Crippen LogP) is 3.98. The van der Waals surface area contributed by atoms with E-state index in [9.17, 15) is 4.79 Å². The van der Waals surface area contributed by atoms with Crippen LogP contribution in [0.4, 0.5) is 0 Å². The quantitative estimate of drug-likeness (QED) is 0.772. The van der Waals surface area contributed by atoms with E-state index in [0.29, 0.717) is 28.6 Å². The van der Waals surface area contributed by atoms with Crippen molar-refractivity contribution in [1.29, 1.82) is 0 Å². The standard InChI is InChI=1S/C19H18ClNO3/c1-23-18-9-13-7-8-21-16(15(13)10-19(18)24-2)11-17(22)12-3-5-14(20)6-4-12/h3-6,9-10H,7-8,11H2,1-2H3. The Kier molecular flexibility index (Phi) is 4.86. The number of halogens is 1. The van der Waals surface area contributed by atoms with Gasteiger partial charge in [0.25, 0.3) is 0 Å².